The predicted molar refractivity (Wildman–Crippen MR) is 45.1 cm³/mol. The molecule has 1 aliphatic rings. The lowest BCUT2D eigenvalue weighted by atomic mass is 9.95. The molecule has 1 N–H and O–H groups in total. The number of nitriles is 1. The van der Waals surface area contributed by atoms with Crippen molar-refractivity contribution in [2.75, 3.05) is 0 Å². The summed E-state index contributed by atoms with van der Waals surface area (Å²) in [6.45, 7) is 1.93. The maximum Gasteiger partial charge on any atom is 0.0926 e. The molecular formula is C9H16N2. The van der Waals surface area contributed by atoms with Gasteiger partial charge in [0.25, 0.3) is 0 Å². The van der Waals surface area contributed by atoms with E-state index in [2.05, 4.69) is 11.4 Å². The summed E-state index contributed by atoms with van der Waals surface area (Å²) in [5, 5.41) is 11.9. The maximum absolute atomic E-state index is 8.55. The molecule has 0 radical (unpaired) electrons. The first-order valence-electron chi connectivity index (χ1n) is 4.48. The number of hydrogen-bond donors (Lipinski definition) is 1. The van der Waals surface area contributed by atoms with E-state index in [-0.39, 0.29) is 6.04 Å². The lowest BCUT2D eigenvalue weighted by Crippen LogP contribution is -2.36. The van der Waals surface area contributed by atoms with E-state index in [0.29, 0.717) is 6.04 Å². The number of rotatable bonds is 2. The molecule has 11 heavy (non-hydrogen) atoms. The van der Waals surface area contributed by atoms with Crippen molar-refractivity contribution in [2.24, 2.45) is 0 Å². The minimum absolute atomic E-state index is 0.0260. The minimum atomic E-state index is 0.0260. The first-order valence-corrected chi connectivity index (χ1v) is 4.48. The Morgan fingerprint density at radius 3 is 2.55 bits per heavy atom. The second-order valence-electron chi connectivity index (χ2n) is 3.35. The zero-order valence-electron chi connectivity index (χ0n) is 7.14. The molecule has 2 nitrogen and oxygen atoms in total. The number of nitrogens with zero attached hydrogens (tertiary/aromatic N) is 1. The number of hydrogen-bond acceptors (Lipinski definition) is 2. The van der Waals surface area contributed by atoms with Crippen LogP contribution in [0.25, 0.3) is 0 Å². The highest BCUT2D eigenvalue weighted by Crippen LogP contribution is 2.17. The van der Waals surface area contributed by atoms with Crippen molar-refractivity contribution in [3.8, 4) is 6.07 Å². The third-order valence-electron chi connectivity index (χ3n) is 2.28. The van der Waals surface area contributed by atoms with Gasteiger partial charge in [-0.3, -0.25) is 5.32 Å². The van der Waals surface area contributed by atoms with Gasteiger partial charge in [-0.2, -0.15) is 5.26 Å². The van der Waals surface area contributed by atoms with Gasteiger partial charge < -0.3 is 0 Å². The van der Waals surface area contributed by atoms with Crippen LogP contribution in [0.2, 0.25) is 0 Å². The summed E-state index contributed by atoms with van der Waals surface area (Å²) in [6, 6.07) is 2.84. The van der Waals surface area contributed by atoms with Crippen LogP contribution in [-0.4, -0.2) is 12.1 Å². The van der Waals surface area contributed by atoms with Crippen molar-refractivity contribution in [3.05, 3.63) is 0 Å². The highest BCUT2D eigenvalue weighted by Gasteiger charge is 2.14. The molecule has 0 aliphatic heterocycles. The third kappa shape index (κ3) is 2.90. The highest BCUT2D eigenvalue weighted by molar-refractivity contribution is 4.88. The van der Waals surface area contributed by atoms with Crippen molar-refractivity contribution in [2.45, 2.75) is 51.1 Å². The van der Waals surface area contributed by atoms with Gasteiger partial charge in [0, 0.05) is 6.04 Å². The fourth-order valence-electron chi connectivity index (χ4n) is 1.66. The van der Waals surface area contributed by atoms with E-state index in [1.165, 1.54) is 32.1 Å². The maximum atomic E-state index is 8.55. The SMILES string of the molecule is CC(C#N)NC1CCCCC1. The van der Waals surface area contributed by atoms with Crippen LogP contribution in [0.4, 0.5) is 0 Å². The second-order valence-corrected chi connectivity index (χ2v) is 3.35. The Hall–Kier alpha value is -0.550. The van der Waals surface area contributed by atoms with Crippen LogP contribution in [0.1, 0.15) is 39.0 Å². The number of nitrogens with one attached hydrogen (secondary N) is 1. The van der Waals surface area contributed by atoms with Crippen molar-refractivity contribution in [3.63, 3.8) is 0 Å². The molecule has 0 aromatic heterocycles. The van der Waals surface area contributed by atoms with Gasteiger partial charge in [-0.1, -0.05) is 19.3 Å². The molecule has 0 heterocycles. The fourth-order valence-corrected chi connectivity index (χ4v) is 1.66. The molecule has 1 saturated carbocycles. The van der Waals surface area contributed by atoms with Crippen molar-refractivity contribution in [1.29, 1.82) is 5.26 Å². The van der Waals surface area contributed by atoms with Gasteiger partial charge in [0.15, 0.2) is 0 Å². The summed E-state index contributed by atoms with van der Waals surface area (Å²) in [4.78, 5) is 0. The van der Waals surface area contributed by atoms with Gasteiger partial charge in [-0.25, -0.2) is 0 Å². The molecule has 1 rings (SSSR count). The van der Waals surface area contributed by atoms with Gasteiger partial charge >= 0.3 is 0 Å². The van der Waals surface area contributed by atoms with E-state index in [1.807, 2.05) is 6.92 Å². The van der Waals surface area contributed by atoms with E-state index in [1.54, 1.807) is 0 Å². The van der Waals surface area contributed by atoms with E-state index < -0.39 is 0 Å². The molecule has 0 aromatic carbocycles. The molecule has 1 fully saturated rings. The summed E-state index contributed by atoms with van der Waals surface area (Å²) in [5.74, 6) is 0. The molecule has 2 heteroatoms. The van der Waals surface area contributed by atoms with Crippen molar-refractivity contribution in [1.82, 2.24) is 5.32 Å². The molecule has 0 saturated heterocycles. The van der Waals surface area contributed by atoms with Gasteiger partial charge in [0.1, 0.15) is 0 Å². The molecule has 0 aromatic rings. The standard InChI is InChI=1S/C9H16N2/c1-8(7-10)11-9-5-3-2-4-6-9/h8-9,11H,2-6H2,1H3. The summed E-state index contributed by atoms with van der Waals surface area (Å²) < 4.78 is 0. The van der Waals surface area contributed by atoms with E-state index >= 15 is 0 Å². The van der Waals surface area contributed by atoms with Crippen LogP contribution >= 0.6 is 0 Å². The van der Waals surface area contributed by atoms with E-state index in [9.17, 15) is 0 Å². The molecule has 1 atom stereocenters. The van der Waals surface area contributed by atoms with Crippen LogP contribution < -0.4 is 5.32 Å². The third-order valence-corrected chi connectivity index (χ3v) is 2.28. The van der Waals surface area contributed by atoms with E-state index in [4.69, 9.17) is 5.26 Å². The zero-order valence-corrected chi connectivity index (χ0v) is 7.14. The lowest BCUT2D eigenvalue weighted by Gasteiger charge is -2.23. The average Bonchev–Trinajstić information content (AvgIpc) is 2.06. The molecule has 1 aliphatic carbocycles. The lowest BCUT2D eigenvalue weighted by molar-refractivity contribution is 0.363. The summed E-state index contributed by atoms with van der Waals surface area (Å²) in [7, 11) is 0. The summed E-state index contributed by atoms with van der Waals surface area (Å²) in [5.41, 5.74) is 0. The second kappa shape index (κ2) is 4.35. The monoisotopic (exact) mass is 152 g/mol. The highest BCUT2D eigenvalue weighted by atomic mass is 14.9. The van der Waals surface area contributed by atoms with Crippen molar-refractivity contribution >= 4 is 0 Å². The molecule has 62 valence electrons. The Balaban J connectivity index is 2.20. The summed E-state index contributed by atoms with van der Waals surface area (Å²) >= 11 is 0. The normalized spacial score (nSPS) is 22.5. The van der Waals surface area contributed by atoms with Crippen LogP contribution in [-0.2, 0) is 0 Å². The van der Waals surface area contributed by atoms with E-state index in [0.717, 1.165) is 0 Å². The van der Waals surface area contributed by atoms with Crippen LogP contribution in [0.15, 0.2) is 0 Å². The minimum Gasteiger partial charge on any atom is -0.299 e. The van der Waals surface area contributed by atoms with Crippen LogP contribution in [0, 0.1) is 11.3 Å². The van der Waals surface area contributed by atoms with Crippen molar-refractivity contribution < 1.29 is 0 Å². The Bertz CT molecular complexity index is 142. The Labute approximate surface area is 68.6 Å². The zero-order chi connectivity index (χ0) is 8.10. The molecule has 0 amide bonds. The van der Waals surface area contributed by atoms with Gasteiger partial charge in [0.2, 0.25) is 0 Å². The van der Waals surface area contributed by atoms with Crippen LogP contribution in [0.5, 0.6) is 0 Å². The van der Waals surface area contributed by atoms with Gasteiger partial charge in [-0.05, 0) is 19.8 Å². The van der Waals surface area contributed by atoms with Gasteiger partial charge in [0.05, 0.1) is 12.1 Å². The summed E-state index contributed by atoms with van der Waals surface area (Å²) in [6.07, 6.45) is 6.54. The quantitative estimate of drug-likeness (QED) is 0.655. The topological polar surface area (TPSA) is 35.8 Å². The Morgan fingerprint density at radius 2 is 2.00 bits per heavy atom. The first-order chi connectivity index (χ1) is 5.33. The largest absolute Gasteiger partial charge is 0.299 e. The molecule has 0 spiro atoms. The Morgan fingerprint density at radius 1 is 1.36 bits per heavy atom. The molecular weight excluding hydrogens is 136 g/mol. The smallest absolute Gasteiger partial charge is 0.0926 e. The molecule has 0 bridgehead atoms. The molecule has 1 unspecified atom stereocenters. The Kier molecular flexibility index (Phi) is 3.38. The van der Waals surface area contributed by atoms with Gasteiger partial charge in [-0.15, -0.1) is 0 Å². The predicted octanol–water partition coefficient (Wildman–Crippen LogP) is 1.82. The first kappa shape index (κ1) is 8.55. The van der Waals surface area contributed by atoms with Crippen LogP contribution in [0.3, 0.4) is 0 Å². The average molecular weight is 152 g/mol. The fraction of sp³-hybridized carbons (Fsp3) is 0.889.